The Morgan fingerprint density at radius 1 is 1.56 bits per heavy atom. The van der Waals surface area contributed by atoms with Crippen molar-refractivity contribution >= 4 is 11.8 Å². The summed E-state index contributed by atoms with van der Waals surface area (Å²) < 4.78 is 0. The van der Waals surface area contributed by atoms with E-state index in [-0.39, 0.29) is 11.8 Å². The predicted molar refractivity (Wildman–Crippen MR) is 31.2 cm³/mol. The fourth-order valence-electron chi connectivity index (χ4n) is 0.220. The van der Waals surface area contributed by atoms with Crippen molar-refractivity contribution in [2.24, 2.45) is 0 Å². The molecule has 0 bridgehead atoms. The van der Waals surface area contributed by atoms with Gasteiger partial charge in [0, 0.05) is 13.3 Å². The summed E-state index contributed by atoms with van der Waals surface area (Å²) in [6, 6.07) is 0. The first-order chi connectivity index (χ1) is 4.16. The molecule has 0 spiro atoms. The number of amides is 2. The van der Waals surface area contributed by atoms with Crippen LogP contribution in [0.1, 0.15) is 20.3 Å². The van der Waals surface area contributed by atoms with E-state index >= 15 is 0 Å². The maximum Gasteiger partial charge on any atom is 0.262 e. The summed E-state index contributed by atoms with van der Waals surface area (Å²) in [5.41, 5.74) is 5.24. The molecule has 0 heterocycles. The van der Waals surface area contributed by atoms with Crippen molar-refractivity contribution < 1.29 is 9.59 Å². The van der Waals surface area contributed by atoms with E-state index in [1.54, 1.807) is 6.92 Å². The van der Waals surface area contributed by atoms with Crippen LogP contribution >= 0.6 is 0 Å². The zero-order valence-electron chi connectivity index (χ0n) is 5.47. The van der Waals surface area contributed by atoms with Gasteiger partial charge in [0.05, 0.1) is 0 Å². The van der Waals surface area contributed by atoms with Gasteiger partial charge in [-0.3, -0.25) is 9.59 Å². The van der Waals surface area contributed by atoms with Gasteiger partial charge in [-0.05, 0) is 0 Å². The molecule has 0 aromatic heterocycles. The van der Waals surface area contributed by atoms with Crippen molar-refractivity contribution in [1.29, 1.82) is 0 Å². The number of rotatable bonds is 1. The van der Waals surface area contributed by atoms with Crippen molar-refractivity contribution in [3.63, 3.8) is 0 Å². The zero-order valence-corrected chi connectivity index (χ0v) is 5.47. The van der Waals surface area contributed by atoms with Crippen LogP contribution in [0.15, 0.2) is 0 Å². The molecule has 1 N–H and O–H groups in total. The molecule has 0 saturated carbocycles. The van der Waals surface area contributed by atoms with Gasteiger partial charge in [0.2, 0.25) is 5.91 Å². The van der Waals surface area contributed by atoms with E-state index in [1.165, 1.54) is 6.92 Å². The number of hydrogen-bond acceptors (Lipinski definition) is 2. The molecule has 1 radical (unpaired) electrons. The minimum atomic E-state index is -0.322. The van der Waals surface area contributed by atoms with Gasteiger partial charge in [0.15, 0.2) is 0 Å². The summed E-state index contributed by atoms with van der Waals surface area (Å²) in [5, 5.41) is 0. The Labute approximate surface area is 53.6 Å². The Kier molecular flexibility index (Phi) is 3.43. The summed E-state index contributed by atoms with van der Waals surface area (Å²) >= 11 is 0. The molecule has 0 aliphatic heterocycles. The normalized spacial score (nSPS) is 8.22. The Balaban J connectivity index is 3.28. The lowest BCUT2D eigenvalue weighted by Gasteiger charge is -1.95. The van der Waals surface area contributed by atoms with Crippen LogP contribution in [0.2, 0.25) is 0 Å². The molecule has 0 aliphatic carbocycles. The zero-order chi connectivity index (χ0) is 7.28. The molecule has 4 heteroatoms. The Hall–Kier alpha value is -1.06. The van der Waals surface area contributed by atoms with Crippen molar-refractivity contribution in [3.8, 4) is 0 Å². The largest absolute Gasteiger partial charge is 0.274 e. The molecule has 0 saturated heterocycles. The highest BCUT2D eigenvalue weighted by Crippen LogP contribution is 1.72. The van der Waals surface area contributed by atoms with E-state index in [4.69, 9.17) is 0 Å². The minimum Gasteiger partial charge on any atom is -0.274 e. The highest BCUT2D eigenvalue weighted by Gasteiger charge is 1.97. The topological polar surface area (TPSA) is 60.3 Å². The summed E-state index contributed by atoms with van der Waals surface area (Å²) in [6.07, 6.45) is 0.320. The summed E-state index contributed by atoms with van der Waals surface area (Å²) in [7, 11) is 0. The second-order valence-corrected chi connectivity index (χ2v) is 1.53. The van der Waals surface area contributed by atoms with E-state index in [9.17, 15) is 9.59 Å². The molecule has 9 heavy (non-hydrogen) atoms. The van der Waals surface area contributed by atoms with E-state index in [2.05, 4.69) is 5.43 Å². The Bertz CT molecular complexity index is 122. The number of nitrogens with zero attached hydrogens (tertiary/aromatic N) is 1. The lowest BCUT2D eigenvalue weighted by Crippen LogP contribution is -2.33. The van der Waals surface area contributed by atoms with Crippen LogP contribution in [0.4, 0.5) is 0 Å². The quantitative estimate of drug-likeness (QED) is 0.489. The highest BCUT2D eigenvalue weighted by atomic mass is 16.2. The average molecular weight is 129 g/mol. The van der Waals surface area contributed by atoms with E-state index in [0.717, 1.165) is 0 Å². The Morgan fingerprint density at radius 2 is 2.11 bits per heavy atom. The first-order valence-electron chi connectivity index (χ1n) is 2.67. The molecule has 0 unspecified atom stereocenters. The van der Waals surface area contributed by atoms with Crippen LogP contribution in [-0.4, -0.2) is 11.8 Å². The maximum atomic E-state index is 10.3. The third-order valence-electron chi connectivity index (χ3n) is 0.641. The number of carbonyl (C=O) groups excluding carboxylic acids is 2. The fourth-order valence-corrected chi connectivity index (χ4v) is 0.220. The lowest BCUT2D eigenvalue weighted by molar-refractivity contribution is -0.128. The summed E-state index contributed by atoms with van der Waals surface area (Å²) in [6.45, 7) is 2.97. The smallest absolute Gasteiger partial charge is 0.262 e. The summed E-state index contributed by atoms with van der Waals surface area (Å²) in [5.74, 6) is -0.637. The number of carbonyl (C=O) groups is 2. The van der Waals surface area contributed by atoms with Crippen LogP contribution in [0.3, 0.4) is 0 Å². The van der Waals surface area contributed by atoms with Gasteiger partial charge in [0.1, 0.15) is 0 Å². The van der Waals surface area contributed by atoms with Gasteiger partial charge < -0.3 is 0 Å². The minimum absolute atomic E-state index is 0.315. The number of hydrogen-bond donors (Lipinski definition) is 1. The molecule has 51 valence electrons. The predicted octanol–water partition coefficient (Wildman–Crippen LogP) is -0.421. The molecule has 0 rings (SSSR count). The molecule has 0 atom stereocenters. The first-order valence-corrected chi connectivity index (χ1v) is 2.67. The van der Waals surface area contributed by atoms with Crippen LogP contribution in [0.25, 0.3) is 0 Å². The van der Waals surface area contributed by atoms with E-state index < -0.39 is 0 Å². The van der Waals surface area contributed by atoms with Gasteiger partial charge in [-0.25, -0.2) is 5.43 Å². The van der Waals surface area contributed by atoms with Crippen molar-refractivity contribution in [2.75, 3.05) is 0 Å². The molecule has 4 nitrogen and oxygen atoms in total. The van der Waals surface area contributed by atoms with Crippen LogP contribution in [0, 0.1) is 0 Å². The second kappa shape index (κ2) is 3.88. The maximum absolute atomic E-state index is 10.3. The van der Waals surface area contributed by atoms with Crippen molar-refractivity contribution in [2.45, 2.75) is 20.3 Å². The lowest BCUT2D eigenvalue weighted by atomic mass is 10.5. The second-order valence-electron chi connectivity index (χ2n) is 1.53. The van der Waals surface area contributed by atoms with Gasteiger partial charge in [-0.2, -0.15) is 0 Å². The van der Waals surface area contributed by atoms with Crippen LogP contribution in [-0.2, 0) is 9.59 Å². The molecule has 0 aromatic carbocycles. The molecule has 0 aromatic rings. The van der Waals surface area contributed by atoms with Crippen molar-refractivity contribution in [1.82, 2.24) is 10.9 Å². The van der Waals surface area contributed by atoms with Crippen molar-refractivity contribution in [3.05, 3.63) is 0 Å². The highest BCUT2D eigenvalue weighted by molar-refractivity contribution is 5.80. The molecule has 0 aliphatic rings. The SMILES string of the molecule is CCC(=O)[N]NC(C)=O. The summed E-state index contributed by atoms with van der Waals surface area (Å²) in [4.78, 5) is 20.4. The Morgan fingerprint density at radius 3 is 2.44 bits per heavy atom. The van der Waals surface area contributed by atoms with Gasteiger partial charge in [0.25, 0.3) is 5.91 Å². The number of nitrogens with one attached hydrogen (secondary N) is 1. The molecular weight excluding hydrogens is 120 g/mol. The van der Waals surface area contributed by atoms with Gasteiger partial charge in [-0.1, -0.05) is 6.92 Å². The average Bonchev–Trinajstić information content (AvgIpc) is 1.83. The van der Waals surface area contributed by atoms with Gasteiger partial charge >= 0.3 is 0 Å². The van der Waals surface area contributed by atoms with Crippen LogP contribution in [0.5, 0.6) is 0 Å². The van der Waals surface area contributed by atoms with E-state index in [0.29, 0.717) is 6.42 Å². The fraction of sp³-hybridized carbons (Fsp3) is 0.600. The van der Waals surface area contributed by atoms with E-state index in [1.807, 2.05) is 5.43 Å². The van der Waals surface area contributed by atoms with Gasteiger partial charge in [-0.15, -0.1) is 5.43 Å². The first kappa shape index (κ1) is 7.94. The monoisotopic (exact) mass is 129 g/mol. The molecular formula is C5H9N2O2. The standard InChI is InChI=1S/C5H9N2O2/c1-3-5(9)7-6-4(2)8/h3H2,1-2H3,(H,6,8). The molecule has 2 amide bonds. The third kappa shape index (κ3) is 4.80. The van der Waals surface area contributed by atoms with Crippen LogP contribution < -0.4 is 10.9 Å². The molecule has 0 fully saturated rings. The third-order valence-corrected chi connectivity index (χ3v) is 0.641.